The fourth-order valence-electron chi connectivity index (χ4n) is 2.04. The summed E-state index contributed by atoms with van der Waals surface area (Å²) >= 11 is 12.4. The number of ether oxygens (including phenoxy) is 3. The highest BCUT2D eigenvalue weighted by atomic mass is 35.5. The summed E-state index contributed by atoms with van der Waals surface area (Å²) in [6.45, 7) is 0. The zero-order valence-electron chi connectivity index (χ0n) is 13.0. The summed E-state index contributed by atoms with van der Waals surface area (Å²) in [7, 11) is 2.77. The molecule has 2 aromatic carbocycles. The number of hydrogen-bond acceptors (Lipinski definition) is 5. The monoisotopic (exact) mass is 368 g/mol. The number of aldehydes is 1. The highest BCUT2D eigenvalue weighted by Crippen LogP contribution is 2.38. The molecule has 0 aliphatic rings. The molecule has 7 heteroatoms. The van der Waals surface area contributed by atoms with E-state index in [1.165, 1.54) is 20.3 Å². The van der Waals surface area contributed by atoms with Crippen LogP contribution in [0, 0.1) is 0 Å². The molecule has 0 radical (unpaired) electrons. The number of esters is 1. The first kappa shape index (κ1) is 18.1. The van der Waals surface area contributed by atoms with E-state index < -0.39 is 5.97 Å². The highest BCUT2D eigenvalue weighted by molar-refractivity contribution is 6.37. The van der Waals surface area contributed by atoms with E-state index in [2.05, 4.69) is 4.74 Å². The van der Waals surface area contributed by atoms with Crippen LogP contribution in [0.4, 0.5) is 0 Å². The first-order valence-corrected chi connectivity index (χ1v) is 7.60. The molecule has 2 rings (SSSR count). The molecule has 0 fully saturated rings. The van der Waals surface area contributed by atoms with E-state index in [1.807, 2.05) is 0 Å². The SMILES string of the molecule is COC(=O)Cc1cc(Cl)c(Oc2ccc(OC)c(C=O)c2)c(Cl)c1. The minimum absolute atomic E-state index is 0.0496. The minimum Gasteiger partial charge on any atom is -0.496 e. The lowest BCUT2D eigenvalue weighted by molar-refractivity contribution is -0.139. The van der Waals surface area contributed by atoms with Crippen LogP contribution in [0.2, 0.25) is 10.0 Å². The molecule has 0 aromatic heterocycles. The Morgan fingerprint density at radius 2 is 1.79 bits per heavy atom. The van der Waals surface area contributed by atoms with E-state index in [-0.39, 0.29) is 22.2 Å². The third-order valence-corrected chi connectivity index (χ3v) is 3.74. The number of benzene rings is 2. The van der Waals surface area contributed by atoms with Gasteiger partial charge in [0.15, 0.2) is 12.0 Å². The van der Waals surface area contributed by atoms with E-state index in [1.54, 1.807) is 24.3 Å². The van der Waals surface area contributed by atoms with Gasteiger partial charge in [0.2, 0.25) is 0 Å². The Morgan fingerprint density at radius 3 is 2.33 bits per heavy atom. The Balaban J connectivity index is 2.30. The van der Waals surface area contributed by atoms with Crippen molar-refractivity contribution >= 4 is 35.5 Å². The van der Waals surface area contributed by atoms with Crippen molar-refractivity contribution in [3.05, 3.63) is 51.5 Å². The molecule has 0 unspecified atom stereocenters. The van der Waals surface area contributed by atoms with Crippen LogP contribution < -0.4 is 9.47 Å². The molecule has 0 aliphatic carbocycles. The van der Waals surface area contributed by atoms with E-state index in [4.69, 9.17) is 32.7 Å². The molecule has 126 valence electrons. The quantitative estimate of drug-likeness (QED) is 0.561. The third kappa shape index (κ3) is 4.19. The van der Waals surface area contributed by atoms with Gasteiger partial charge in [0.1, 0.15) is 11.5 Å². The molecule has 0 saturated heterocycles. The van der Waals surface area contributed by atoms with Crippen LogP contribution in [0.1, 0.15) is 15.9 Å². The molecule has 0 aliphatic heterocycles. The van der Waals surface area contributed by atoms with Crippen molar-refractivity contribution in [2.75, 3.05) is 14.2 Å². The molecular formula is C17H14Cl2O5. The number of halogens is 2. The van der Waals surface area contributed by atoms with Gasteiger partial charge in [-0.2, -0.15) is 0 Å². The number of hydrogen-bond donors (Lipinski definition) is 0. The van der Waals surface area contributed by atoms with Gasteiger partial charge in [-0.1, -0.05) is 23.2 Å². The lowest BCUT2D eigenvalue weighted by Crippen LogP contribution is -2.04. The Bertz CT molecular complexity index is 751. The largest absolute Gasteiger partial charge is 0.496 e. The van der Waals surface area contributed by atoms with Gasteiger partial charge in [-0.05, 0) is 35.9 Å². The Labute approximate surface area is 149 Å². The van der Waals surface area contributed by atoms with Crippen LogP contribution >= 0.6 is 23.2 Å². The Hall–Kier alpha value is -2.24. The Morgan fingerprint density at radius 1 is 1.12 bits per heavy atom. The molecule has 2 aromatic rings. The fourth-order valence-corrected chi connectivity index (χ4v) is 2.65. The van der Waals surface area contributed by atoms with Gasteiger partial charge in [-0.3, -0.25) is 9.59 Å². The number of methoxy groups -OCH3 is 2. The Kier molecular flexibility index (Phi) is 6.06. The maximum absolute atomic E-state index is 11.3. The summed E-state index contributed by atoms with van der Waals surface area (Å²) in [6.07, 6.45) is 0.711. The second-order valence-electron chi connectivity index (χ2n) is 4.77. The molecule has 0 heterocycles. The molecule has 5 nitrogen and oxygen atoms in total. The highest BCUT2D eigenvalue weighted by Gasteiger charge is 2.14. The molecule has 0 N–H and O–H groups in total. The summed E-state index contributed by atoms with van der Waals surface area (Å²) in [6, 6.07) is 7.89. The molecule has 0 amide bonds. The third-order valence-electron chi connectivity index (χ3n) is 3.18. The summed E-state index contributed by atoms with van der Waals surface area (Å²) in [4.78, 5) is 22.4. The maximum atomic E-state index is 11.3. The van der Waals surface area contributed by atoms with Crippen molar-refractivity contribution in [1.82, 2.24) is 0 Å². The van der Waals surface area contributed by atoms with E-state index in [0.29, 0.717) is 28.9 Å². The predicted molar refractivity (Wildman–Crippen MR) is 90.6 cm³/mol. The first-order chi connectivity index (χ1) is 11.5. The minimum atomic E-state index is -0.401. The van der Waals surface area contributed by atoms with Gasteiger partial charge in [0.05, 0.1) is 36.2 Å². The zero-order chi connectivity index (χ0) is 17.7. The van der Waals surface area contributed by atoms with Crippen molar-refractivity contribution in [2.45, 2.75) is 6.42 Å². The first-order valence-electron chi connectivity index (χ1n) is 6.84. The van der Waals surface area contributed by atoms with Crippen molar-refractivity contribution in [1.29, 1.82) is 0 Å². The number of carbonyl (C=O) groups is 2. The van der Waals surface area contributed by atoms with E-state index in [9.17, 15) is 9.59 Å². The molecule has 24 heavy (non-hydrogen) atoms. The second-order valence-corrected chi connectivity index (χ2v) is 5.58. The normalized spacial score (nSPS) is 10.2. The summed E-state index contributed by atoms with van der Waals surface area (Å²) in [5, 5.41) is 0.481. The standard InChI is InChI=1S/C17H14Cl2O5/c1-22-15-4-3-12(8-11(15)9-20)24-17-13(18)5-10(6-14(17)19)7-16(21)23-2/h3-6,8-9H,7H2,1-2H3. The van der Waals surface area contributed by atoms with Crippen LogP contribution in [-0.4, -0.2) is 26.5 Å². The van der Waals surface area contributed by atoms with Crippen LogP contribution in [-0.2, 0) is 16.0 Å². The average molecular weight is 369 g/mol. The fraction of sp³-hybridized carbons (Fsp3) is 0.176. The number of rotatable bonds is 6. The molecule has 0 spiro atoms. The smallest absolute Gasteiger partial charge is 0.309 e. The van der Waals surface area contributed by atoms with Crippen LogP contribution in [0.25, 0.3) is 0 Å². The van der Waals surface area contributed by atoms with Gasteiger partial charge >= 0.3 is 5.97 Å². The van der Waals surface area contributed by atoms with Crippen molar-refractivity contribution in [3.63, 3.8) is 0 Å². The van der Waals surface area contributed by atoms with Crippen LogP contribution in [0.15, 0.2) is 30.3 Å². The van der Waals surface area contributed by atoms with Gasteiger partial charge < -0.3 is 14.2 Å². The zero-order valence-corrected chi connectivity index (χ0v) is 14.5. The number of carbonyl (C=O) groups excluding carboxylic acids is 2. The van der Waals surface area contributed by atoms with Crippen LogP contribution in [0.5, 0.6) is 17.2 Å². The maximum Gasteiger partial charge on any atom is 0.309 e. The van der Waals surface area contributed by atoms with Crippen molar-refractivity contribution in [3.8, 4) is 17.2 Å². The average Bonchev–Trinajstić information content (AvgIpc) is 2.57. The van der Waals surface area contributed by atoms with Crippen LogP contribution in [0.3, 0.4) is 0 Å². The van der Waals surface area contributed by atoms with E-state index >= 15 is 0 Å². The van der Waals surface area contributed by atoms with E-state index in [0.717, 1.165) is 0 Å². The van der Waals surface area contributed by atoms with Gasteiger partial charge in [-0.25, -0.2) is 0 Å². The summed E-state index contributed by atoms with van der Waals surface area (Å²) in [5.74, 6) is 0.640. The lowest BCUT2D eigenvalue weighted by Gasteiger charge is -2.12. The summed E-state index contributed by atoms with van der Waals surface area (Å²) < 4.78 is 15.3. The van der Waals surface area contributed by atoms with Crippen molar-refractivity contribution < 1.29 is 23.8 Å². The second kappa shape index (κ2) is 8.04. The topological polar surface area (TPSA) is 61.8 Å². The predicted octanol–water partition coefficient (Wildman–Crippen LogP) is 4.32. The molecule has 0 saturated carbocycles. The molecule has 0 bridgehead atoms. The summed E-state index contributed by atoms with van der Waals surface area (Å²) in [5.41, 5.74) is 0.942. The molecular weight excluding hydrogens is 355 g/mol. The van der Waals surface area contributed by atoms with Crippen molar-refractivity contribution in [2.24, 2.45) is 0 Å². The van der Waals surface area contributed by atoms with Gasteiger partial charge in [0, 0.05) is 0 Å². The van der Waals surface area contributed by atoms with Gasteiger partial charge in [0.25, 0.3) is 0 Å². The lowest BCUT2D eigenvalue weighted by atomic mass is 10.1. The van der Waals surface area contributed by atoms with Gasteiger partial charge in [-0.15, -0.1) is 0 Å². The molecule has 0 atom stereocenters.